The van der Waals surface area contributed by atoms with Gasteiger partial charge < -0.3 is 10.1 Å². The summed E-state index contributed by atoms with van der Waals surface area (Å²) in [6.45, 7) is 5.05. The molecule has 0 aliphatic rings. The number of fused-ring (bicyclic) bond motifs is 1. The molecule has 1 N–H and O–H groups in total. The second-order valence-electron chi connectivity index (χ2n) is 5.88. The van der Waals surface area contributed by atoms with E-state index in [0.29, 0.717) is 11.3 Å². The van der Waals surface area contributed by atoms with Crippen LogP contribution in [0.5, 0.6) is 0 Å². The summed E-state index contributed by atoms with van der Waals surface area (Å²) in [5.74, 6) is -1.32. The molecule has 0 aliphatic heterocycles. The first-order valence-corrected chi connectivity index (χ1v) is 8.11. The maximum Gasteiger partial charge on any atom is 0.379 e. The Morgan fingerprint density at radius 3 is 2.74 bits per heavy atom. The maximum absolute atomic E-state index is 12.3. The standard InChI is InChI=1S/C18H16N6O3/c1-10-8-11(2)24-18(20-10)22-15(23-24)17(26)27-12(3)16(25)21-14-7-5-4-6-13(14)9-19/h4-8,12H,1-3H3,(H,21,25). The quantitative estimate of drug-likeness (QED) is 0.700. The van der Waals surface area contributed by atoms with Crippen molar-refractivity contribution in [3.8, 4) is 6.07 Å². The molecule has 3 rings (SSSR count). The summed E-state index contributed by atoms with van der Waals surface area (Å²) in [6.07, 6.45) is -1.10. The number of aryl methyl sites for hydroxylation is 2. The van der Waals surface area contributed by atoms with Crippen LogP contribution in [0, 0.1) is 25.2 Å². The first-order chi connectivity index (χ1) is 12.9. The van der Waals surface area contributed by atoms with Crippen molar-refractivity contribution >= 4 is 23.3 Å². The van der Waals surface area contributed by atoms with Crippen molar-refractivity contribution in [3.63, 3.8) is 0 Å². The molecule has 136 valence electrons. The summed E-state index contributed by atoms with van der Waals surface area (Å²) in [6, 6.07) is 10.3. The smallest absolute Gasteiger partial charge is 0.379 e. The van der Waals surface area contributed by atoms with Gasteiger partial charge in [-0.25, -0.2) is 14.3 Å². The van der Waals surface area contributed by atoms with Crippen molar-refractivity contribution < 1.29 is 14.3 Å². The lowest BCUT2D eigenvalue weighted by Gasteiger charge is -2.13. The molecule has 1 unspecified atom stereocenters. The van der Waals surface area contributed by atoms with Gasteiger partial charge in [-0.05, 0) is 39.0 Å². The number of nitrogens with zero attached hydrogens (tertiary/aromatic N) is 5. The van der Waals surface area contributed by atoms with Crippen LogP contribution >= 0.6 is 0 Å². The summed E-state index contributed by atoms with van der Waals surface area (Å²) >= 11 is 0. The Balaban J connectivity index is 1.73. The second kappa shape index (κ2) is 7.21. The minimum absolute atomic E-state index is 0.187. The van der Waals surface area contributed by atoms with Crippen LogP contribution in [0.25, 0.3) is 5.78 Å². The van der Waals surface area contributed by atoms with Crippen LogP contribution in [0.15, 0.2) is 30.3 Å². The number of amides is 1. The van der Waals surface area contributed by atoms with Gasteiger partial charge in [0.25, 0.3) is 17.5 Å². The lowest BCUT2D eigenvalue weighted by molar-refractivity contribution is -0.123. The first kappa shape index (κ1) is 18.0. The molecule has 0 spiro atoms. The van der Waals surface area contributed by atoms with E-state index in [1.165, 1.54) is 11.4 Å². The van der Waals surface area contributed by atoms with E-state index in [1.54, 1.807) is 30.3 Å². The lowest BCUT2D eigenvalue weighted by Crippen LogP contribution is -2.30. The Kier molecular flexibility index (Phi) is 4.81. The molecule has 1 amide bonds. The zero-order valence-corrected chi connectivity index (χ0v) is 14.9. The number of nitrogens with one attached hydrogen (secondary N) is 1. The summed E-state index contributed by atoms with van der Waals surface area (Å²) in [7, 11) is 0. The van der Waals surface area contributed by atoms with Gasteiger partial charge in [-0.15, -0.1) is 5.10 Å². The highest BCUT2D eigenvalue weighted by molar-refractivity contribution is 5.97. The molecule has 3 aromatic rings. The molecular weight excluding hydrogens is 348 g/mol. The average Bonchev–Trinajstić information content (AvgIpc) is 3.06. The number of esters is 1. The molecular formula is C18H16N6O3. The van der Waals surface area contributed by atoms with Gasteiger partial charge in [0.2, 0.25) is 0 Å². The van der Waals surface area contributed by atoms with Gasteiger partial charge in [-0.3, -0.25) is 4.79 Å². The third-order valence-electron chi connectivity index (χ3n) is 3.76. The summed E-state index contributed by atoms with van der Waals surface area (Å²) in [5, 5.41) is 15.7. The van der Waals surface area contributed by atoms with Crippen LogP contribution < -0.4 is 5.32 Å². The molecule has 27 heavy (non-hydrogen) atoms. The minimum atomic E-state index is -1.10. The Morgan fingerprint density at radius 1 is 1.26 bits per heavy atom. The Morgan fingerprint density at radius 2 is 2.00 bits per heavy atom. The normalized spacial score (nSPS) is 11.6. The van der Waals surface area contributed by atoms with Crippen molar-refractivity contribution in [2.24, 2.45) is 0 Å². The van der Waals surface area contributed by atoms with Crippen molar-refractivity contribution in [1.82, 2.24) is 19.6 Å². The van der Waals surface area contributed by atoms with E-state index >= 15 is 0 Å². The van der Waals surface area contributed by atoms with Gasteiger partial charge >= 0.3 is 5.97 Å². The highest BCUT2D eigenvalue weighted by atomic mass is 16.5. The number of hydrogen-bond donors (Lipinski definition) is 1. The van der Waals surface area contributed by atoms with E-state index in [4.69, 9.17) is 10.00 Å². The van der Waals surface area contributed by atoms with E-state index < -0.39 is 18.0 Å². The van der Waals surface area contributed by atoms with E-state index in [9.17, 15) is 9.59 Å². The van der Waals surface area contributed by atoms with Crippen LogP contribution in [0.1, 0.15) is 34.5 Å². The van der Waals surface area contributed by atoms with Gasteiger partial charge in [0.05, 0.1) is 11.3 Å². The van der Waals surface area contributed by atoms with Gasteiger partial charge in [0.1, 0.15) is 6.07 Å². The van der Waals surface area contributed by atoms with Crippen molar-refractivity contribution in [2.75, 3.05) is 5.32 Å². The molecule has 1 aromatic carbocycles. The topological polar surface area (TPSA) is 122 Å². The maximum atomic E-state index is 12.3. The van der Waals surface area contributed by atoms with E-state index in [0.717, 1.165) is 11.4 Å². The van der Waals surface area contributed by atoms with Crippen molar-refractivity contribution in [1.29, 1.82) is 5.26 Å². The summed E-state index contributed by atoms with van der Waals surface area (Å²) in [5.41, 5.74) is 2.16. The number of hydrogen-bond acceptors (Lipinski definition) is 7. The second-order valence-corrected chi connectivity index (χ2v) is 5.88. The lowest BCUT2D eigenvalue weighted by atomic mass is 10.2. The highest BCUT2D eigenvalue weighted by Gasteiger charge is 2.23. The van der Waals surface area contributed by atoms with Crippen LogP contribution in [-0.4, -0.2) is 37.6 Å². The van der Waals surface area contributed by atoms with Gasteiger partial charge in [0.15, 0.2) is 6.10 Å². The average molecular weight is 364 g/mol. The number of rotatable bonds is 4. The fourth-order valence-corrected chi connectivity index (χ4v) is 2.44. The summed E-state index contributed by atoms with van der Waals surface area (Å²) < 4.78 is 6.57. The summed E-state index contributed by atoms with van der Waals surface area (Å²) in [4.78, 5) is 32.8. The van der Waals surface area contributed by atoms with Crippen LogP contribution in [0.2, 0.25) is 0 Å². The molecule has 2 heterocycles. The number of anilines is 1. The number of nitriles is 1. The zero-order valence-electron chi connectivity index (χ0n) is 14.9. The van der Waals surface area contributed by atoms with Gasteiger partial charge in [-0.1, -0.05) is 12.1 Å². The van der Waals surface area contributed by atoms with Crippen LogP contribution in [-0.2, 0) is 9.53 Å². The first-order valence-electron chi connectivity index (χ1n) is 8.11. The largest absolute Gasteiger partial charge is 0.447 e. The third kappa shape index (κ3) is 3.74. The molecule has 1 atom stereocenters. The predicted octanol–water partition coefficient (Wildman–Crippen LogP) is 1.80. The Bertz CT molecular complexity index is 1080. The molecule has 0 saturated carbocycles. The molecule has 2 aromatic heterocycles. The fraction of sp³-hybridized carbons (Fsp3) is 0.222. The highest BCUT2D eigenvalue weighted by Crippen LogP contribution is 2.14. The molecule has 0 saturated heterocycles. The minimum Gasteiger partial charge on any atom is -0.447 e. The van der Waals surface area contributed by atoms with E-state index in [1.807, 2.05) is 19.9 Å². The number of benzene rings is 1. The number of aromatic nitrogens is 4. The molecule has 0 fully saturated rings. The molecule has 0 radical (unpaired) electrons. The molecule has 0 aliphatic carbocycles. The monoisotopic (exact) mass is 364 g/mol. The van der Waals surface area contributed by atoms with Gasteiger partial charge in [0, 0.05) is 11.4 Å². The molecule has 0 bridgehead atoms. The predicted molar refractivity (Wildman–Crippen MR) is 94.9 cm³/mol. The molecule has 9 heteroatoms. The zero-order chi connectivity index (χ0) is 19.6. The number of ether oxygens (including phenoxy) is 1. The van der Waals surface area contributed by atoms with Crippen LogP contribution in [0.4, 0.5) is 5.69 Å². The number of para-hydroxylation sites is 1. The van der Waals surface area contributed by atoms with E-state index in [-0.39, 0.29) is 11.6 Å². The van der Waals surface area contributed by atoms with Crippen molar-refractivity contribution in [2.45, 2.75) is 26.9 Å². The third-order valence-corrected chi connectivity index (χ3v) is 3.76. The molecule has 9 nitrogen and oxygen atoms in total. The number of carbonyl (C=O) groups excluding carboxylic acids is 2. The van der Waals surface area contributed by atoms with Crippen molar-refractivity contribution in [3.05, 3.63) is 53.1 Å². The Labute approximate surface area is 154 Å². The fourth-order valence-electron chi connectivity index (χ4n) is 2.44. The SMILES string of the molecule is Cc1cc(C)n2nc(C(=O)OC(C)C(=O)Nc3ccccc3C#N)nc2n1. The van der Waals surface area contributed by atoms with Crippen LogP contribution in [0.3, 0.4) is 0 Å². The Hall–Kier alpha value is -3.80. The van der Waals surface area contributed by atoms with E-state index in [2.05, 4.69) is 20.4 Å². The number of carbonyl (C=O) groups is 2. The van der Waals surface area contributed by atoms with Gasteiger partial charge in [-0.2, -0.15) is 10.2 Å².